The fourth-order valence-corrected chi connectivity index (χ4v) is 5.02. The third kappa shape index (κ3) is 3.91. The van der Waals surface area contributed by atoms with E-state index in [0.717, 1.165) is 42.8 Å². The van der Waals surface area contributed by atoms with Crippen LogP contribution in [0.1, 0.15) is 23.8 Å². The quantitative estimate of drug-likeness (QED) is 0.472. The van der Waals surface area contributed by atoms with E-state index in [9.17, 15) is 9.59 Å². The molecule has 0 aliphatic carbocycles. The molecule has 0 unspecified atom stereocenters. The van der Waals surface area contributed by atoms with Crippen molar-refractivity contribution in [3.63, 3.8) is 0 Å². The van der Waals surface area contributed by atoms with Crippen molar-refractivity contribution < 1.29 is 4.79 Å². The molecular formula is C23H25N7O2S. The first-order valence-corrected chi connectivity index (χ1v) is 11.8. The molecule has 9 nitrogen and oxygen atoms in total. The van der Waals surface area contributed by atoms with E-state index in [1.807, 2.05) is 30.3 Å². The van der Waals surface area contributed by atoms with E-state index in [1.54, 1.807) is 29.4 Å². The van der Waals surface area contributed by atoms with Gasteiger partial charge in [-0.2, -0.15) is 0 Å². The molecule has 1 aromatic carbocycles. The van der Waals surface area contributed by atoms with Crippen LogP contribution in [0.3, 0.4) is 0 Å². The molecule has 33 heavy (non-hydrogen) atoms. The summed E-state index contributed by atoms with van der Waals surface area (Å²) in [5.41, 5.74) is 3.22. The lowest BCUT2D eigenvalue weighted by atomic mass is 10.1. The van der Waals surface area contributed by atoms with Crippen molar-refractivity contribution in [1.29, 1.82) is 0 Å². The van der Waals surface area contributed by atoms with Crippen LogP contribution in [0.4, 0.5) is 11.4 Å². The lowest BCUT2D eigenvalue weighted by Gasteiger charge is -2.35. The lowest BCUT2D eigenvalue weighted by molar-refractivity contribution is 0.102. The number of nitrogens with one attached hydrogen (secondary N) is 2. The van der Waals surface area contributed by atoms with Crippen LogP contribution in [0, 0.1) is 0 Å². The third-order valence-electron chi connectivity index (χ3n) is 6.01. The zero-order valence-electron chi connectivity index (χ0n) is 18.5. The summed E-state index contributed by atoms with van der Waals surface area (Å²) in [6.07, 6.45) is 4.44. The number of amides is 1. The normalized spacial score (nSPS) is 16.3. The van der Waals surface area contributed by atoms with Gasteiger partial charge in [0, 0.05) is 44.3 Å². The standard InChI is InChI=1S/C23H25N7O2S/c1-3-15-13-29(11-10-25-15)18-8-9-24-12-16(18)26-21(31)17-14-33-22(27-17)30-20-7-5-4-6-19(20)28(2)23(30)32/h4-9,12,14-15,25H,3,10-11,13H2,1-2H3,(H,26,31)/t15-/m1/s1. The van der Waals surface area contributed by atoms with E-state index in [4.69, 9.17) is 0 Å². The minimum atomic E-state index is -0.331. The number of carbonyl (C=O) groups is 1. The smallest absolute Gasteiger partial charge is 0.335 e. The summed E-state index contributed by atoms with van der Waals surface area (Å²) in [7, 11) is 1.73. The number of rotatable bonds is 5. The van der Waals surface area contributed by atoms with E-state index < -0.39 is 0 Å². The number of benzene rings is 1. The first-order valence-electron chi connectivity index (χ1n) is 10.9. The topological polar surface area (TPSA) is 97.1 Å². The maximum Gasteiger partial charge on any atom is 0.335 e. The second-order valence-corrected chi connectivity index (χ2v) is 8.87. The van der Waals surface area contributed by atoms with Crippen molar-refractivity contribution in [3.8, 4) is 5.13 Å². The molecule has 1 fully saturated rings. The highest BCUT2D eigenvalue weighted by Gasteiger charge is 2.22. The van der Waals surface area contributed by atoms with Crippen LogP contribution in [0.5, 0.6) is 0 Å². The van der Waals surface area contributed by atoms with Crippen LogP contribution in [-0.4, -0.2) is 50.7 Å². The van der Waals surface area contributed by atoms with Crippen LogP contribution in [-0.2, 0) is 7.05 Å². The van der Waals surface area contributed by atoms with Crippen molar-refractivity contribution in [1.82, 2.24) is 24.4 Å². The van der Waals surface area contributed by atoms with E-state index in [-0.39, 0.29) is 17.3 Å². The Kier molecular flexibility index (Phi) is 5.69. The maximum absolute atomic E-state index is 13.0. The molecule has 3 aromatic heterocycles. The van der Waals surface area contributed by atoms with Gasteiger partial charge in [0.15, 0.2) is 5.13 Å². The number of thiazole rings is 1. The number of para-hydroxylation sites is 2. The molecule has 1 aliphatic rings. The first-order chi connectivity index (χ1) is 16.1. The lowest BCUT2D eigenvalue weighted by Crippen LogP contribution is -2.50. The largest absolute Gasteiger partial charge is 0.367 e. The van der Waals surface area contributed by atoms with Crippen LogP contribution < -0.4 is 21.2 Å². The van der Waals surface area contributed by atoms with Crippen molar-refractivity contribution in [2.45, 2.75) is 19.4 Å². The minimum absolute atomic E-state index is 0.198. The van der Waals surface area contributed by atoms with Gasteiger partial charge in [-0.3, -0.25) is 14.3 Å². The second-order valence-electron chi connectivity index (χ2n) is 8.03. The Hall–Kier alpha value is -3.50. The monoisotopic (exact) mass is 463 g/mol. The van der Waals surface area contributed by atoms with Gasteiger partial charge in [-0.1, -0.05) is 19.1 Å². The average molecular weight is 464 g/mol. The zero-order chi connectivity index (χ0) is 22.9. The van der Waals surface area contributed by atoms with Gasteiger partial charge in [0.2, 0.25) is 0 Å². The second kappa shape index (κ2) is 8.80. The molecule has 0 bridgehead atoms. The summed E-state index contributed by atoms with van der Waals surface area (Å²) >= 11 is 1.26. The first kappa shape index (κ1) is 21.4. The Morgan fingerprint density at radius 1 is 1.27 bits per heavy atom. The van der Waals surface area contributed by atoms with Gasteiger partial charge in [-0.25, -0.2) is 14.3 Å². The summed E-state index contributed by atoms with van der Waals surface area (Å²) < 4.78 is 3.12. The van der Waals surface area contributed by atoms with Crippen molar-refractivity contribution in [3.05, 3.63) is 64.3 Å². The van der Waals surface area contributed by atoms with Gasteiger partial charge >= 0.3 is 5.69 Å². The number of aromatic nitrogens is 4. The van der Waals surface area contributed by atoms with Gasteiger partial charge in [0.1, 0.15) is 5.69 Å². The highest BCUT2D eigenvalue weighted by Crippen LogP contribution is 2.27. The molecule has 170 valence electrons. The van der Waals surface area contributed by atoms with Crippen LogP contribution in [0.25, 0.3) is 16.2 Å². The Labute approximate surface area is 194 Å². The predicted octanol–water partition coefficient (Wildman–Crippen LogP) is 2.62. The van der Waals surface area contributed by atoms with Crippen LogP contribution in [0.2, 0.25) is 0 Å². The Balaban J connectivity index is 1.41. The predicted molar refractivity (Wildman–Crippen MR) is 131 cm³/mol. The van der Waals surface area contributed by atoms with Crippen molar-refractivity contribution in [2.24, 2.45) is 7.05 Å². The Morgan fingerprint density at radius 2 is 2.09 bits per heavy atom. The molecule has 4 aromatic rings. The van der Waals surface area contributed by atoms with Gasteiger partial charge < -0.3 is 15.5 Å². The number of hydrogen-bond acceptors (Lipinski definition) is 7. The summed E-state index contributed by atoms with van der Waals surface area (Å²) in [6.45, 7) is 4.78. The molecule has 0 spiro atoms. The fourth-order valence-electron chi connectivity index (χ4n) is 4.21. The molecule has 10 heteroatoms. The van der Waals surface area contributed by atoms with Crippen molar-refractivity contribution >= 4 is 39.7 Å². The fraction of sp³-hybridized carbons (Fsp3) is 0.304. The highest BCUT2D eigenvalue weighted by atomic mass is 32.1. The number of imidazole rings is 1. The number of hydrogen-bond donors (Lipinski definition) is 2. The molecule has 1 atom stereocenters. The SMILES string of the molecule is CC[C@@H]1CN(c2ccncc2NC(=O)c2csc(-n3c(=O)n(C)c4ccccc43)n2)CCN1. The number of aryl methyl sites for hydroxylation is 1. The molecular weight excluding hydrogens is 438 g/mol. The van der Waals surface area contributed by atoms with Gasteiger partial charge in [-0.15, -0.1) is 11.3 Å². The molecule has 1 amide bonds. The molecule has 1 saturated heterocycles. The number of anilines is 2. The molecule has 5 rings (SSSR count). The number of fused-ring (bicyclic) bond motifs is 1. The zero-order valence-corrected chi connectivity index (χ0v) is 19.3. The number of nitrogens with zero attached hydrogens (tertiary/aromatic N) is 5. The number of carbonyl (C=O) groups excluding carboxylic acids is 1. The number of piperazine rings is 1. The van der Waals surface area contributed by atoms with E-state index in [1.165, 1.54) is 15.9 Å². The highest BCUT2D eigenvalue weighted by molar-refractivity contribution is 7.12. The third-order valence-corrected chi connectivity index (χ3v) is 6.84. The Bertz CT molecular complexity index is 1370. The van der Waals surface area contributed by atoms with Crippen molar-refractivity contribution in [2.75, 3.05) is 29.9 Å². The van der Waals surface area contributed by atoms with Gasteiger partial charge in [-0.05, 0) is 24.6 Å². The molecule has 1 aliphatic heterocycles. The summed E-state index contributed by atoms with van der Waals surface area (Å²) in [4.78, 5) is 36.8. The minimum Gasteiger partial charge on any atom is -0.367 e. The summed E-state index contributed by atoms with van der Waals surface area (Å²) in [5, 5.41) is 8.61. The average Bonchev–Trinajstić information content (AvgIpc) is 3.43. The van der Waals surface area contributed by atoms with Gasteiger partial charge in [0.25, 0.3) is 5.91 Å². The summed E-state index contributed by atoms with van der Waals surface area (Å²) in [6, 6.07) is 9.86. The summed E-state index contributed by atoms with van der Waals surface area (Å²) in [5.74, 6) is -0.331. The molecule has 4 heterocycles. The van der Waals surface area contributed by atoms with E-state index in [2.05, 4.69) is 32.4 Å². The molecule has 0 radical (unpaired) electrons. The molecule has 0 saturated carbocycles. The van der Waals surface area contributed by atoms with Gasteiger partial charge in [0.05, 0.1) is 28.6 Å². The maximum atomic E-state index is 13.0. The van der Waals surface area contributed by atoms with E-state index in [0.29, 0.717) is 16.9 Å². The Morgan fingerprint density at radius 3 is 2.91 bits per heavy atom. The van der Waals surface area contributed by atoms with Crippen LogP contribution >= 0.6 is 11.3 Å². The van der Waals surface area contributed by atoms with E-state index >= 15 is 0 Å². The number of pyridine rings is 1. The molecule has 2 N–H and O–H groups in total. The van der Waals surface area contributed by atoms with Crippen LogP contribution in [0.15, 0.2) is 52.9 Å².